The SMILES string of the molecule is C[C](C(=C(c1ccccn1)c1ccccn1)C1([Si](C)(C)C)C=CC=C1)=[Zr]([Cl])[Cl]. The zero-order valence-corrected chi connectivity index (χ0v) is 21.5. The fraction of sp³-hybridized carbons (Fsp3) is 0.227. The van der Waals surface area contributed by atoms with Gasteiger partial charge in [-0.15, -0.1) is 0 Å². The van der Waals surface area contributed by atoms with Gasteiger partial charge < -0.3 is 0 Å². The van der Waals surface area contributed by atoms with Gasteiger partial charge in [0, 0.05) is 0 Å². The molecule has 1 aliphatic carbocycles. The Morgan fingerprint density at radius 2 is 1.39 bits per heavy atom. The van der Waals surface area contributed by atoms with Crippen molar-refractivity contribution >= 4 is 33.9 Å². The number of allylic oxidation sites excluding steroid dienone is 5. The van der Waals surface area contributed by atoms with Crippen LogP contribution in [0.2, 0.25) is 24.7 Å². The summed E-state index contributed by atoms with van der Waals surface area (Å²) in [5.41, 5.74) is 4.05. The molecule has 0 amide bonds. The summed E-state index contributed by atoms with van der Waals surface area (Å²) >= 11 is -2.71. The number of pyridine rings is 2. The summed E-state index contributed by atoms with van der Waals surface area (Å²) in [5.74, 6) is 0. The zero-order valence-electron chi connectivity index (χ0n) is 16.6. The second-order valence-corrected chi connectivity index (χ2v) is 22.0. The van der Waals surface area contributed by atoms with Gasteiger partial charge in [0.25, 0.3) is 0 Å². The monoisotopic (exact) mass is 504 g/mol. The van der Waals surface area contributed by atoms with Crippen LogP contribution in [0.1, 0.15) is 18.3 Å². The summed E-state index contributed by atoms with van der Waals surface area (Å²) in [6.07, 6.45) is 12.6. The third-order valence-corrected chi connectivity index (χ3v) is 13.7. The summed E-state index contributed by atoms with van der Waals surface area (Å²) in [6, 6.07) is 12.0. The quantitative estimate of drug-likeness (QED) is 0.427. The third kappa shape index (κ3) is 4.16. The average Bonchev–Trinajstić information content (AvgIpc) is 3.17. The maximum atomic E-state index is 6.65. The van der Waals surface area contributed by atoms with Gasteiger partial charge in [0.05, 0.1) is 0 Å². The summed E-state index contributed by atoms with van der Waals surface area (Å²) in [7, 11) is 11.5. The van der Waals surface area contributed by atoms with Gasteiger partial charge in [0.2, 0.25) is 0 Å². The molecular formula is C22H24Cl2N2SiZr. The summed E-state index contributed by atoms with van der Waals surface area (Å²) < 4.78 is 1.13. The molecule has 0 unspecified atom stereocenters. The molecule has 0 aliphatic heterocycles. The molecule has 0 saturated carbocycles. The van der Waals surface area contributed by atoms with E-state index in [0.717, 1.165) is 20.2 Å². The molecule has 0 aromatic carbocycles. The van der Waals surface area contributed by atoms with Crippen molar-refractivity contribution < 1.29 is 18.9 Å². The molecule has 0 N–H and O–H groups in total. The fourth-order valence-electron chi connectivity index (χ4n) is 3.72. The first-order chi connectivity index (χ1) is 13.3. The van der Waals surface area contributed by atoms with Crippen molar-refractivity contribution in [1.82, 2.24) is 9.97 Å². The van der Waals surface area contributed by atoms with E-state index in [0.29, 0.717) is 0 Å². The number of nitrogens with zero attached hydrogens (tertiary/aromatic N) is 2. The van der Waals surface area contributed by atoms with Gasteiger partial charge in [0.15, 0.2) is 0 Å². The van der Waals surface area contributed by atoms with Crippen LogP contribution in [-0.2, 0) is 18.9 Å². The molecular weight excluding hydrogens is 482 g/mol. The number of halogens is 2. The molecule has 6 heteroatoms. The Labute approximate surface area is 183 Å². The van der Waals surface area contributed by atoms with Crippen molar-refractivity contribution in [1.29, 1.82) is 0 Å². The molecule has 144 valence electrons. The van der Waals surface area contributed by atoms with Crippen molar-refractivity contribution in [2.45, 2.75) is 31.6 Å². The maximum absolute atomic E-state index is 6.65. The normalized spacial score (nSPS) is 14.8. The Hall–Kier alpha value is -0.930. The van der Waals surface area contributed by atoms with Gasteiger partial charge in [-0.1, -0.05) is 0 Å². The van der Waals surface area contributed by atoms with E-state index in [9.17, 15) is 0 Å². The summed E-state index contributed by atoms with van der Waals surface area (Å²) in [4.78, 5) is 9.39. The van der Waals surface area contributed by atoms with Crippen molar-refractivity contribution in [3.05, 3.63) is 90.1 Å². The van der Waals surface area contributed by atoms with E-state index in [2.05, 4.69) is 50.9 Å². The number of hydrogen-bond acceptors (Lipinski definition) is 2. The van der Waals surface area contributed by atoms with E-state index in [4.69, 9.17) is 27.0 Å². The molecule has 0 bridgehead atoms. The van der Waals surface area contributed by atoms with Gasteiger partial charge in [-0.25, -0.2) is 0 Å². The van der Waals surface area contributed by atoms with Gasteiger partial charge in [-0.2, -0.15) is 0 Å². The first-order valence-corrected chi connectivity index (χ1v) is 20.3. The van der Waals surface area contributed by atoms with E-state index in [-0.39, 0.29) is 5.04 Å². The van der Waals surface area contributed by atoms with Crippen LogP contribution in [0.15, 0.2) is 78.7 Å². The predicted octanol–water partition coefficient (Wildman–Crippen LogP) is 6.60. The fourth-order valence-corrected chi connectivity index (χ4v) is 8.68. The van der Waals surface area contributed by atoms with E-state index in [1.807, 2.05) is 48.8 Å². The van der Waals surface area contributed by atoms with E-state index < -0.39 is 27.0 Å². The molecule has 28 heavy (non-hydrogen) atoms. The Morgan fingerprint density at radius 1 is 0.893 bits per heavy atom. The molecule has 2 aromatic rings. The molecule has 2 aromatic heterocycles. The molecule has 0 atom stereocenters. The summed E-state index contributed by atoms with van der Waals surface area (Å²) in [6.45, 7) is 9.28. The first-order valence-electron chi connectivity index (χ1n) is 9.25. The van der Waals surface area contributed by atoms with Crippen molar-refractivity contribution in [2.75, 3.05) is 0 Å². The molecule has 2 nitrogen and oxygen atoms in total. The van der Waals surface area contributed by atoms with Gasteiger partial charge in [-0.3, -0.25) is 0 Å². The molecule has 0 spiro atoms. The number of hydrogen-bond donors (Lipinski definition) is 0. The molecule has 0 saturated heterocycles. The molecule has 2 heterocycles. The van der Waals surface area contributed by atoms with Gasteiger partial charge in [-0.05, 0) is 0 Å². The third-order valence-electron chi connectivity index (χ3n) is 5.23. The van der Waals surface area contributed by atoms with Crippen molar-refractivity contribution in [2.24, 2.45) is 0 Å². The minimum atomic E-state index is -2.71. The van der Waals surface area contributed by atoms with Crippen molar-refractivity contribution in [3.8, 4) is 0 Å². The second kappa shape index (κ2) is 8.83. The molecule has 1 aliphatic rings. The number of rotatable bonds is 5. The molecule has 0 radical (unpaired) electrons. The van der Waals surface area contributed by atoms with Crippen LogP contribution in [0.5, 0.6) is 0 Å². The Kier molecular flexibility index (Phi) is 6.87. The van der Waals surface area contributed by atoms with Crippen LogP contribution >= 0.6 is 17.0 Å². The van der Waals surface area contributed by atoms with E-state index >= 15 is 0 Å². The Bertz CT molecular complexity index is 917. The minimum absolute atomic E-state index is 0.197. The number of aromatic nitrogens is 2. The van der Waals surface area contributed by atoms with Crippen LogP contribution in [0.25, 0.3) is 5.57 Å². The molecule has 0 fully saturated rings. The van der Waals surface area contributed by atoms with Crippen LogP contribution < -0.4 is 0 Å². The van der Waals surface area contributed by atoms with Gasteiger partial charge >= 0.3 is 184 Å². The second-order valence-electron chi connectivity index (χ2n) is 7.90. The topological polar surface area (TPSA) is 25.8 Å². The van der Waals surface area contributed by atoms with E-state index in [1.54, 1.807) is 0 Å². The average molecular weight is 507 g/mol. The van der Waals surface area contributed by atoms with Gasteiger partial charge in [0.1, 0.15) is 0 Å². The first kappa shape index (κ1) is 21.8. The molecule has 3 rings (SSSR count). The van der Waals surface area contributed by atoms with Crippen LogP contribution in [0, 0.1) is 0 Å². The zero-order chi connectivity index (χ0) is 20.4. The van der Waals surface area contributed by atoms with Crippen molar-refractivity contribution in [3.63, 3.8) is 0 Å². The van der Waals surface area contributed by atoms with Crippen LogP contribution in [0.4, 0.5) is 0 Å². The van der Waals surface area contributed by atoms with E-state index in [1.165, 1.54) is 5.57 Å². The van der Waals surface area contributed by atoms with Crippen LogP contribution in [-0.4, -0.2) is 21.2 Å². The van der Waals surface area contributed by atoms with Crippen LogP contribution in [0.3, 0.4) is 0 Å². The predicted molar refractivity (Wildman–Crippen MR) is 121 cm³/mol. The standard InChI is InChI=1S/C22H24N2Si.2ClH.Zr/c1-5-18(22(25(2,3)4)14-8-9-15-22)21(19-12-6-10-16-23-19)20-13-7-11-17-24-20;;;/h6-17H,1-4H3;2*1H;/q;;;+2/p-2. The Balaban J connectivity index is 2.51. The Morgan fingerprint density at radius 3 is 1.75 bits per heavy atom. The summed E-state index contributed by atoms with van der Waals surface area (Å²) in [5, 5.41) is -0.197.